The molecule has 0 aliphatic heterocycles. The molecular formula is C13H21N3OS. The zero-order valence-corrected chi connectivity index (χ0v) is 11.7. The Kier molecular flexibility index (Phi) is 5.13. The highest BCUT2D eigenvalue weighted by molar-refractivity contribution is 7.09. The molecule has 0 unspecified atom stereocenters. The average molecular weight is 267 g/mol. The normalized spacial score (nSPS) is 14.7. The van der Waals surface area contributed by atoms with Crippen LogP contribution in [0.4, 0.5) is 0 Å². The number of nitrogens with zero attached hydrogens (tertiary/aromatic N) is 1. The van der Waals surface area contributed by atoms with Crippen LogP contribution < -0.4 is 10.6 Å². The van der Waals surface area contributed by atoms with Crippen LogP contribution in [-0.2, 0) is 17.8 Å². The molecular weight excluding hydrogens is 246 g/mol. The Morgan fingerprint density at radius 2 is 2.39 bits per heavy atom. The van der Waals surface area contributed by atoms with E-state index < -0.39 is 0 Å². The molecule has 4 nitrogen and oxygen atoms in total. The summed E-state index contributed by atoms with van der Waals surface area (Å²) in [5.41, 5.74) is 1.11. The monoisotopic (exact) mass is 267 g/mol. The number of carbonyl (C=O) groups is 1. The fraction of sp³-hybridized carbons (Fsp3) is 0.692. The van der Waals surface area contributed by atoms with Gasteiger partial charge < -0.3 is 10.6 Å². The summed E-state index contributed by atoms with van der Waals surface area (Å²) in [6, 6.07) is 0.480. The summed E-state index contributed by atoms with van der Waals surface area (Å²) < 4.78 is 0. The van der Waals surface area contributed by atoms with Crippen molar-refractivity contribution in [3.8, 4) is 0 Å². The second-order valence-corrected chi connectivity index (χ2v) is 5.65. The van der Waals surface area contributed by atoms with Crippen LogP contribution in [0.1, 0.15) is 43.3 Å². The maximum Gasteiger partial charge on any atom is 0.220 e. The maximum absolute atomic E-state index is 11.4. The van der Waals surface area contributed by atoms with Crippen LogP contribution in [0.3, 0.4) is 0 Å². The molecule has 0 saturated heterocycles. The molecule has 1 aliphatic carbocycles. The van der Waals surface area contributed by atoms with Crippen LogP contribution in [0, 0.1) is 0 Å². The molecule has 0 atom stereocenters. The van der Waals surface area contributed by atoms with Gasteiger partial charge in [0.05, 0.1) is 10.7 Å². The van der Waals surface area contributed by atoms with E-state index in [1.807, 2.05) is 0 Å². The van der Waals surface area contributed by atoms with Crippen molar-refractivity contribution in [1.82, 2.24) is 15.6 Å². The molecule has 5 heteroatoms. The van der Waals surface area contributed by atoms with E-state index in [2.05, 4.69) is 27.9 Å². The van der Waals surface area contributed by atoms with E-state index in [-0.39, 0.29) is 5.91 Å². The minimum absolute atomic E-state index is 0.196. The SMILES string of the molecule is CCc1nc(CNCCCC(=O)NC2CC2)cs1. The molecule has 1 aromatic rings. The largest absolute Gasteiger partial charge is 0.353 e. The van der Waals surface area contributed by atoms with E-state index >= 15 is 0 Å². The molecule has 1 amide bonds. The molecule has 2 N–H and O–H groups in total. The molecule has 1 aromatic heterocycles. The van der Waals surface area contributed by atoms with Gasteiger partial charge in [-0.2, -0.15) is 0 Å². The highest BCUT2D eigenvalue weighted by atomic mass is 32.1. The Bertz CT molecular complexity index is 387. The van der Waals surface area contributed by atoms with Crippen LogP contribution in [0.2, 0.25) is 0 Å². The lowest BCUT2D eigenvalue weighted by Gasteiger charge is -2.04. The first kappa shape index (κ1) is 13.5. The molecule has 2 rings (SSSR count). The van der Waals surface area contributed by atoms with Gasteiger partial charge in [0, 0.05) is 24.4 Å². The highest BCUT2D eigenvalue weighted by Crippen LogP contribution is 2.18. The number of hydrogen-bond acceptors (Lipinski definition) is 4. The quantitative estimate of drug-likeness (QED) is 0.707. The highest BCUT2D eigenvalue weighted by Gasteiger charge is 2.22. The van der Waals surface area contributed by atoms with Crippen molar-refractivity contribution in [2.45, 2.75) is 51.6 Å². The van der Waals surface area contributed by atoms with Crippen molar-refractivity contribution in [2.24, 2.45) is 0 Å². The predicted octanol–water partition coefficient (Wildman–Crippen LogP) is 1.85. The van der Waals surface area contributed by atoms with Gasteiger partial charge in [-0.25, -0.2) is 4.98 Å². The lowest BCUT2D eigenvalue weighted by atomic mass is 10.3. The zero-order chi connectivity index (χ0) is 12.8. The van der Waals surface area contributed by atoms with E-state index in [0.717, 1.165) is 44.5 Å². The third-order valence-electron chi connectivity index (χ3n) is 2.91. The molecule has 0 aromatic carbocycles. The first-order valence-corrected chi connectivity index (χ1v) is 7.59. The number of carbonyl (C=O) groups excluding carboxylic acids is 1. The van der Waals surface area contributed by atoms with Crippen LogP contribution in [0.5, 0.6) is 0 Å². The van der Waals surface area contributed by atoms with Gasteiger partial charge in [-0.05, 0) is 32.2 Å². The second kappa shape index (κ2) is 6.85. The lowest BCUT2D eigenvalue weighted by molar-refractivity contribution is -0.121. The summed E-state index contributed by atoms with van der Waals surface area (Å²) in [7, 11) is 0. The van der Waals surface area contributed by atoms with Gasteiger partial charge in [-0.1, -0.05) is 6.92 Å². The van der Waals surface area contributed by atoms with E-state index in [1.165, 1.54) is 5.01 Å². The van der Waals surface area contributed by atoms with Gasteiger partial charge >= 0.3 is 0 Å². The zero-order valence-electron chi connectivity index (χ0n) is 10.9. The predicted molar refractivity (Wildman–Crippen MR) is 73.6 cm³/mol. The topological polar surface area (TPSA) is 54.0 Å². The number of aromatic nitrogens is 1. The standard InChI is InChI=1S/C13H21N3OS/c1-2-13-16-11(9-18-13)8-14-7-3-4-12(17)15-10-5-6-10/h9-10,14H,2-8H2,1H3,(H,15,17). The summed E-state index contributed by atoms with van der Waals surface area (Å²) >= 11 is 1.72. The van der Waals surface area contributed by atoms with Crippen LogP contribution in [-0.4, -0.2) is 23.5 Å². The van der Waals surface area contributed by atoms with Crippen molar-refractivity contribution in [2.75, 3.05) is 6.54 Å². The lowest BCUT2D eigenvalue weighted by Crippen LogP contribution is -2.26. The Balaban J connectivity index is 1.51. The molecule has 0 bridgehead atoms. The third-order valence-corrected chi connectivity index (χ3v) is 3.95. The number of amides is 1. The Labute approximate surface area is 112 Å². The molecule has 100 valence electrons. The average Bonchev–Trinajstić information content (AvgIpc) is 3.05. The summed E-state index contributed by atoms with van der Waals surface area (Å²) in [6.45, 7) is 3.80. The number of hydrogen-bond donors (Lipinski definition) is 2. The van der Waals surface area contributed by atoms with E-state index in [1.54, 1.807) is 11.3 Å². The molecule has 18 heavy (non-hydrogen) atoms. The van der Waals surface area contributed by atoms with Crippen molar-refractivity contribution in [3.63, 3.8) is 0 Å². The maximum atomic E-state index is 11.4. The van der Waals surface area contributed by atoms with E-state index in [4.69, 9.17) is 0 Å². The van der Waals surface area contributed by atoms with Gasteiger partial charge in [-0.15, -0.1) is 11.3 Å². The fourth-order valence-corrected chi connectivity index (χ4v) is 2.46. The van der Waals surface area contributed by atoms with Crippen molar-refractivity contribution in [3.05, 3.63) is 16.1 Å². The Hall–Kier alpha value is -0.940. The smallest absolute Gasteiger partial charge is 0.220 e. The van der Waals surface area contributed by atoms with Crippen molar-refractivity contribution in [1.29, 1.82) is 0 Å². The van der Waals surface area contributed by atoms with Gasteiger partial charge in [0.2, 0.25) is 5.91 Å². The minimum Gasteiger partial charge on any atom is -0.353 e. The number of thiazole rings is 1. The Morgan fingerprint density at radius 3 is 3.06 bits per heavy atom. The van der Waals surface area contributed by atoms with Crippen LogP contribution >= 0.6 is 11.3 Å². The molecule has 1 fully saturated rings. The first-order valence-electron chi connectivity index (χ1n) is 6.71. The van der Waals surface area contributed by atoms with Gasteiger partial charge in [0.25, 0.3) is 0 Å². The second-order valence-electron chi connectivity index (χ2n) is 4.71. The summed E-state index contributed by atoms with van der Waals surface area (Å²) in [5.74, 6) is 0.196. The van der Waals surface area contributed by atoms with Gasteiger partial charge in [0.1, 0.15) is 0 Å². The fourth-order valence-electron chi connectivity index (χ4n) is 1.71. The van der Waals surface area contributed by atoms with E-state index in [0.29, 0.717) is 12.5 Å². The summed E-state index contributed by atoms with van der Waals surface area (Å²) in [4.78, 5) is 15.9. The molecule has 1 heterocycles. The van der Waals surface area contributed by atoms with Crippen molar-refractivity contribution >= 4 is 17.2 Å². The minimum atomic E-state index is 0.196. The first-order chi connectivity index (χ1) is 8.78. The molecule has 1 saturated carbocycles. The summed E-state index contributed by atoms with van der Waals surface area (Å²) in [5, 5.41) is 9.62. The van der Waals surface area contributed by atoms with E-state index in [9.17, 15) is 4.79 Å². The van der Waals surface area contributed by atoms with Crippen LogP contribution in [0.15, 0.2) is 5.38 Å². The van der Waals surface area contributed by atoms with Gasteiger partial charge in [0.15, 0.2) is 0 Å². The number of nitrogens with one attached hydrogen (secondary N) is 2. The molecule has 0 radical (unpaired) electrons. The number of aryl methyl sites for hydroxylation is 1. The Morgan fingerprint density at radius 1 is 1.56 bits per heavy atom. The number of rotatable bonds is 8. The molecule has 1 aliphatic rings. The molecule has 0 spiro atoms. The third kappa shape index (κ3) is 4.74. The van der Waals surface area contributed by atoms with Crippen molar-refractivity contribution < 1.29 is 4.79 Å². The summed E-state index contributed by atoms with van der Waals surface area (Å²) in [6.07, 6.45) is 4.84. The van der Waals surface area contributed by atoms with Crippen LogP contribution in [0.25, 0.3) is 0 Å². The van der Waals surface area contributed by atoms with Gasteiger partial charge in [-0.3, -0.25) is 4.79 Å².